The molecule has 0 spiro atoms. The number of hydrogen-bond donors (Lipinski definition) is 1. The second-order valence-electron chi connectivity index (χ2n) is 5.16. The third-order valence-corrected chi connectivity index (χ3v) is 4.49. The summed E-state index contributed by atoms with van der Waals surface area (Å²) in [5.74, 6) is -0.955. The highest BCUT2D eigenvalue weighted by Gasteiger charge is 2.13. The van der Waals surface area contributed by atoms with E-state index in [0.29, 0.717) is 5.13 Å². The van der Waals surface area contributed by atoms with Crippen LogP contribution in [0.25, 0.3) is 0 Å². The number of carbonyl (C=O) groups is 1. The normalized spacial score (nSPS) is 10.7. The number of nitrogens with one attached hydrogen (secondary N) is 1. The first-order chi connectivity index (χ1) is 11.9. The maximum Gasteiger partial charge on any atom is 0.258 e. The van der Waals surface area contributed by atoms with Crippen LogP contribution in [0.3, 0.4) is 0 Å². The molecule has 0 saturated heterocycles. The standard InChI is InChI=1S/C16H12ClFN4O2S/c1-9-20-21-16(25-9)19-15(24)10-5-6-14(23)22(7-10)8-11-12(17)3-2-4-13(11)18/h2-7H,8H2,1H3,(H,19,21,24). The van der Waals surface area contributed by atoms with Crippen LogP contribution < -0.4 is 10.9 Å². The molecule has 1 N–H and O–H groups in total. The summed E-state index contributed by atoms with van der Waals surface area (Å²) in [6, 6.07) is 6.93. The van der Waals surface area contributed by atoms with Gasteiger partial charge in [0.15, 0.2) is 0 Å². The molecule has 0 unspecified atom stereocenters. The molecule has 6 nitrogen and oxygen atoms in total. The average Bonchev–Trinajstić information content (AvgIpc) is 2.97. The van der Waals surface area contributed by atoms with Crippen molar-refractivity contribution in [1.82, 2.24) is 14.8 Å². The first kappa shape index (κ1) is 17.2. The molecular weight excluding hydrogens is 367 g/mol. The van der Waals surface area contributed by atoms with Gasteiger partial charge in [0.05, 0.1) is 12.1 Å². The van der Waals surface area contributed by atoms with Crippen molar-refractivity contribution in [2.75, 3.05) is 5.32 Å². The average molecular weight is 379 g/mol. The van der Waals surface area contributed by atoms with Crippen LogP contribution in [0.2, 0.25) is 5.02 Å². The molecule has 1 amide bonds. The first-order valence-electron chi connectivity index (χ1n) is 7.19. The Morgan fingerprint density at radius 3 is 2.80 bits per heavy atom. The molecule has 1 aromatic carbocycles. The molecule has 3 rings (SSSR count). The molecule has 0 aliphatic carbocycles. The molecule has 0 saturated carbocycles. The van der Waals surface area contributed by atoms with Gasteiger partial charge in [0, 0.05) is 22.8 Å². The lowest BCUT2D eigenvalue weighted by atomic mass is 10.2. The first-order valence-corrected chi connectivity index (χ1v) is 8.38. The van der Waals surface area contributed by atoms with Crippen LogP contribution in [0.1, 0.15) is 20.9 Å². The van der Waals surface area contributed by atoms with Crippen molar-refractivity contribution in [2.45, 2.75) is 13.5 Å². The summed E-state index contributed by atoms with van der Waals surface area (Å²) < 4.78 is 15.2. The van der Waals surface area contributed by atoms with Gasteiger partial charge in [-0.1, -0.05) is 29.0 Å². The fraction of sp³-hybridized carbons (Fsp3) is 0.125. The third-order valence-electron chi connectivity index (χ3n) is 3.38. The Bertz CT molecular complexity index is 982. The fourth-order valence-corrected chi connectivity index (χ4v) is 2.97. The lowest BCUT2D eigenvalue weighted by molar-refractivity contribution is 0.102. The van der Waals surface area contributed by atoms with Gasteiger partial charge in [-0.05, 0) is 25.1 Å². The molecule has 0 fully saturated rings. The number of hydrogen-bond acceptors (Lipinski definition) is 5. The Morgan fingerprint density at radius 1 is 1.32 bits per heavy atom. The van der Waals surface area contributed by atoms with Crippen molar-refractivity contribution in [1.29, 1.82) is 0 Å². The topological polar surface area (TPSA) is 76.9 Å². The summed E-state index contributed by atoms with van der Waals surface area (Å²) in [4.78, 5) is 24.3. The Balaban J connectivity index is 1.88. The SMILES string of the molecule is Cc1nnc(NC(=O)c2ccc(=O)n(Cc3c(F)cccc3Cl)c2)s1. The maximum absolute atomic E-state index is 13.9. The maximum atomic E-state index is 13.9. The molecule has 2 aromatic heterocycles. The van der Waals surface area contributed by atoms with E-state index in [2.05, 4.69) is 15.5 Å². The van der Waals surface area contributed by atoms with Gasteiger partial charge >= 0.3 is 0 Å². The molecule has 128 valence electrons. The van der Waals surface area contributed by atoms with Gasteiger partial charge < -0.3 is 4.57 Å². The molecule has 25 heavy (non-hydrogen) atoms. The van der Waals surface area contributed by atoms with Gasteiger partial charge in [-0.2, -0.15) is 0 Å². The number of benzene rings is 1. The van der Waals surface area contributed by atoms with Gasteiger partial charge in [-0.15, -0.1) is 10.2 Å². The van der Waals surface area contributed by atoms with E-state index in [9.17, 15) is 14.0 Å². The zero-order chi connectivity index (χ0) is 18.0. The van der Waals surface area contributed by atoms with E-state index in [1.54, 1.807) is 13.0 Å². The molecule has 0 atom stereocenters. The molecule has 0 aliphatic rings. The van der Waals surface area contributed by atoms with Gasteiger partial charge in [0.1, 0.15) is 10.8 Å². The van der Waals surface area contributed by atoms with Crippen molar-refractivity contribution in [3.63, 3.8) is 0 Å². The van der Waals surface area contributed by atoms with Crippen LogP contribution >= 0.6 is 22.9 Å². The number of amides is 1. The number of aryl methyl sites for hydroxylation is 1. The van der Waals surface area contributed by atoms with Crippen LogP contribution in [0.4, 0.5) is 9.52 Å². The van der Waals surface area contributed by atoms with Crippen LogP contribution in [0, 0.1) is 12.7 Å². The molecule has 2 heterocycles. The number of pyridine rings is 1. The van der Waals surface area contributed by atoms with E-state index in [4.69, 9.17) is 11.6 Å². The lowest BCUT2D eigenvalue weighted by Gasteiger charge is -2.10. The van der Waals surface area contributed by atoms with Gasteiger partial charge in [0.25, 0.3) is 11.5 Å². The van der Waals surface area contributed by atoms with E-state index >= 15 is 0 Å². The van der Waals surface area contributed by atoms with E-state index in [-0.39, 0.29) is 28.3 Å². The van der Waals surface area contributed by atoms with Gasteiger partial charge in [0.2, 0.25) is 5.13 Å². The Labute approximate surface area is 150 Å². The van der Waals surface area contributed by atoms with Crippen molar-refractivity contribution < 1.29 is 9.18 Å². The lowest BCUT2D eigenvalue weighted by Crippen LogP contribution is -2.23. The van der Waals surface area contributed by atoms with Crippen molar-refractivity contribution in [3.8, 4) is 0 Å². The van der Waals surface area contributed by atoms with E-state index in [1.165, 1.54) is 46.4 Å². The Kier molecular flexibility index (Phi) is 4.91. The predicted molar refractivity (Wildman–Crippen MR) is 93.8 cm³/mol. The number of rotatable bonds is 4. The Morgan fingerprint density at radius 2 is 2.12 bits per heavy atom. The predicted octanol–water partition coefficient (Wildman–Crippen LogP) is 3.10. The largest absolute Gasteiger partial charge is 0.310 e. The second-order valence-corrected chi connectivity index (χ2v) is 6.75. The molecule has 9 heteroatoms. The molecule has 0 aliphatic heterocycles. The summed E-state index contributed by atoms with van der Waals surface area (Å²) in [5, 5.41) is 11.5. The third kappa shape index (κ3) is 3.92. The highest BCUT2D eigenvalue weighted by Crippen LogP contribution is 2.20. The summed E-state index contributed by atoms with van der Waals surface area (Å²) in [6.45, 7) is 1.69. The Hall–Kier alpha value is -2.58. The molecule has 0 bridgehead atoms. The fourth-order valence-electron chi connectivity index (χ4n) is 2.16. The highest BCUT2D eigenvalue weighted by atomic mass is 35.5. The summed E-state index contributed by atoms with van der Waals surface area (Å²) in [7, 11) is 0. The van der Waals surface area contributed by atoms with Crippen LogP contribution in [-0.2, 0) is 6.54 Å². The smallest absolute Gasteiger partial charge is 0.258 e. The molecular formula is C16H12ClFN4O2S. The zero-order valence-corrected chi connectivity index (χ0v) is 14.6. The minimum atomic E-state index is -0.515. The summed E-state index contributed by atoms with van der Waals surface area (Å²) in [5.41, 5.74) is 0.0473. The minimum absolute atomic E-state index is 0.0800. The van der Waals surface area contributed by atoms with E-state index in [1.807, 2.05) is 0 Å². The number of anilines is 1. The van der Waals surface area contributed by atoms with E-state index < -0.39 is 11.7 Å². The van der Waals surface area contributed by atoms with Crippen LogP contribution in [0.15, 0.2) is 41.3 Å². The summed E-state index contributed by atoms with van der Waals surface area (Å²) >= 11 is 7.23. The number of halogens is 2. The highest BCUT2D eigenvalue weighted by molar-refractivity contribution is 7.15. The van der Waals surface area contributed by atoms with Crippen LogP contribution in [-0.4, -0.2) is 20.7 Å². The van der Waals surface area contributed by atoms with Crippen LogP contribution in [0.5, 0.6) is 0 Å². The zero-order valence-electron chi connectivity index (χ0n) is 13.0. The quantitative estimate of drug-likeness (QED) is 0.756. The van der Waals surface area contributed by atoms with Crippen molar-refractivity contribution in [2.24, 2.45) is 0 Å². The molecule has 0 radical (unpaired) electrons. The van der Waals surface area contributed by atoms with Crippen molar-refractivity contribution >= 4 is 34.0 Å². The number of carbonyl (C=O) groups excluding carboxylic acids is 1. The second kappa shape index (κ2) is 7.12. The van der Waals surface area contributed by atoms with Gasteiger partial charge in [-0.3, -0.25) is 14.9 Å². The van der Waals surface area contributed by atoms with E-state index in [0.717, 1.165) is 5.01 Å². The van der Waals surface area contributed by atoms with Crippen molar-refractivity contribution in [3.05, 3.63) is 73.9 Å². The monoisotopic (exact) mass is 378 g/mol. The minimum Gasteiger partial charge on any atom is -0.310 e. The van der Waals surface area contributed by atoms with Gasteiger partial charge in [-0.25, -0.2) is 4.39 Å². The molecule has 3 aromatic rings. The number of nitrogens with zero attached hydrogens (tertiary/aromatic N) is 3. The number of aromatic nitrogens is 3. The summed E-state index contributed by atoms with van der Waals surface area (Å²) in [6.07, 6.45) is 1.36.